The summed E-state index contributed by atoms with van der Waals surface area (Å²) in [6, 6.07) is 11.6. The van der Waals surface area contributed by atoms with Crippen molar-refractivity contribution in [3.63, 3.8) is 0 Å². The second-order valence-electron chi connectivity index (χ2n) is 19.9. The molecule has 4 heterocycles. The minimum absolute atomic E-state index is 0.000326. The Kier molecular flexibility index (Phi) is 14.1. The highest BCUT2D eigenvalue weighted by molar-refractivity contribution is 5.90. The van der Waals surface area contributed by atoms with Gasteiger partial charge in [-0.3, -0.25) is 19.6 Å². The molecule has 0 radical (unpaired) electrons. The molecule has 8 rings (SSSR count). The van der Waals surface area contributed by atoms with Gasteiger partial charge in [-0.05, 0) is 133 Å². The summed E-state index contributed by atoms with van der Waals surface area (Å²) in [4.78, 5) is 74.1. The van der Waals surface area contributed by atoms with Crippen LogP contribution in [0.2, 0.25) is 0 Å². The molecule has 2 aromatic carbocycles. The van der Waals surface area contributed by atoms with Crippen molar-refractivity contribution in [2.24, 2.45) is 27.2 Å². The van der Waals surface area contributed by atoms with Crippen LogP contribution in [-0.4, -0.2) is 107 Å². The molecule has 1 spiro atoms. The molecule has 3 aliphatic heterocycles. The highest BCUT2D eigenvalue weighted by Gasteiger charge is 2.44. The second kappa shape index (κ2) is 20.0. The Morgan fingerprint density at radius 1 is 0.788 bits per heavy atom. The minimum Gasteiger partial charge on any atom is -0.453 e. The van der Waals surface area contributed by atoms with Gasteiger partial charge in [-0.1, -0.05) is 76.9 Å². The predicted octanol–water partition coefficient (Wildman–Crippen LogP) is 8.85. The first-order valence-corrected chi connectivity index (χ1v) is 24.2. The number of aliphatic imine (C=N–C) groups is 2. The lowest BCUT2D eigenvalue weighted by atomic mass is 9.82. The number of fused-ring (bicyclic) bond motifs is 1. The number of carbonyl (C=O) groups is 4. The maximum atomic E-state index is 14.0. The molecular formula is C52H68N8O6. The van der Waals surface area contributed by atoms with Crippen molar-refractivity contribution in [2.45, 2.75) is 148 Å². The monoisotopic (exact) mass is 901 g/mol. The Hall–Kier alpha value is -5.79. The van der Waals surface area contributed by atoms with Crippen molar-refractivity contribution in [3.8, 4) is 22.4 Å². The van der Waals surface area contributed by atoms with Gasteiger partial charge < -0.3 is 34.9 Å². The number of hydrogen-bond donors (Lipinski definition) is 3. The first kappa shape index (κ1) is 46.7. The van der Waals surface area contributed by atoms with E-state index in [1.165, 1.54) is 73.3 Å². The molecule has 6 unspecified atom stereocenters. The molecule has 3 aromatic rings. The molecule has 0 bridgehead atoms. The van der Waals surface area contributed by atoms with E-state index < -0.39 is 30.4 Å². The first-order valence-electron chi connectivity index (χ1n) is 24.2. The van der Waals surface area contributed by atoms with Gasteiger partial charge in [0.1, 0.15) is 17.9 Å². The Morgan fingerprint density at radius 3 is 2.09 bits per heavy atom. The number of benzene rings is 2. The van der Waals surface area contributed by atoms with E-state index in [0.29, 0.717) is 12.0 Å². The molecule has 3 N–H and O–H groups in total. The molecule has 14 nitrogen and oxygen atoms in total. The molecule has 1 aromatic heterocycles. The molecule has 6 atom stereocenters. The lowest BCUT2D eigenvalue weighted by Gasteiger charge is -2.35. The number of rotatable bonds is 11. The highest BCUT2D eigenvalue weighted by Crippen LogP contribution is 2.52. The van der Waals surface area contributed by atoms with Gasteiger partial charge in [0, 0.05) is 25.0 Å². The van der Waals surface area contributed by atoms with Crippen molar-refractivity contribution >= 4 is 42.0 Å². The fourth-order valence-electron chi connectivity index (χ4n) is 11.4. The number of nitrogens with zero attached hydrogens (tertiary/aromatic N) is 5. The van der Waals surface area contributed by atoms with Gasteiger partial charge >= 0.3 is 12.2 Å². The summed E-state index contributed by atoms with van der Waals surface area (Å²) in [6.45, 7) is 10.4. The summed E-state index contributed by atoms with van der Waals surface area (Å²) in [5.74, 6) is 0.277. The second-order valence-corrected chi connectivity index (χ2v) is 19.9. The Morgan fingerprint density at radius 2 is 1.42 bits per heavy atom. The Balaban J connectivity index is 1.02. The van der Waals surface area contributed by atoms with Crippen LogP contribution in [0.1, 0.15) is 127 Å². The van der Waals surface area contributed by atoms with Gasteiger partial charge in [0.05, 0.1) is 38.2 Å². The zero-order chi connectivity index (χ0) is 46.7. The van der Waals surface area contributed by atoms with Crippen LogP contribution in [0.4, 0.5) is 9.59 Å². The van der Waals surface area contributed by atoms with Gasteiger partial charge in [-0.15, -0.1) is 0 Å². The van der Waals surface area contributed by atoms with Crippen LogP contribution >= 0.6 is 0 Å². The van der Waals surface area contributed by atoms with Gasteiger partial charge in [0.15, 0.2) is 6.17 Å². The van der Waals surface area contributed by atoms with Crippen LogP contribution in [0.5, 0.6) is 0 Å². The number of alkyl carbamates (subject to hydrolysis) is 2. The fraction of sp³-hybridized carbons (Fsp3) is 0.558. The SMILES string of the molecule is COC(=O)NC(C(=O)N1CCCC1c1ncc(-c2ccc(-c3ccc(C4=CC=NC(C5CCC(C)N5C(=O)C(NC(=O)OC)C(C)C)N=CCC4)c4c3CC3(CCCC3)C4)cc2)[nH]1)C(C)C. The molecular weight excluding hydrogens is 833 g/mol. The lowest BCUT2D eigenvalue weighted by Crippen LogP contribution is -2.55. The van der Waals surface area contributed by atoms with Crippen LogP contribution in [-0.2, 0) is 31.9 Å². The maximum Gasteiger partial charge on any atom is 0.407 e. The minimum atomic E-state index is -0.705. The lowest BCUT2D eigenvalue weighted by molar-refractivity contribution is -0.137. The number of allylic oxidation sites excluding steroid dienone is 2. The van der Waals surface area contributed by atoms with Crippen molar-refractivity contribution < 1.29 is 28.7 Å². The number of aromatic nitrogens is 2. The number of likely N-dealkylation sites (tertiary alicyclic amines) is 2. The number of ether oxygens (including phenoxy) is 2. The van der Waals surface area contributed by atoms with Gasteiger partial charge in [0.25, 0.3) is 0 Å². The van der Waals surface area contributed by atoms with E-state index in [9.17, 15) is 19.2 Å². The van der Waals surface area contributed by atoms with Crippen molar-refractivity contribution in [3.05, 3.63) is 71.2 Å². The Bertz CT molecular complexity index is 2360. The van der Waals surface area contributed by atoms with Gasteiger partial charge in [-0.2, -0.15) is 0 Å². The van der Waals surface area contributed by atoms with Crippen LogP contribution in [0, 0.1) is 17.3 Å². The molecule has 1 saturated carbocycles. The van der Waals surface area contributed by atoms with Crippen LogP contribution in [0.15, 0.2) is 58.7 Å². The number of methoxy groups -OCH3 is 2. The van der Waals surface area contributed by atoms with E-state index in [1.54, 1.807) is 0 Å². The van der Waals surface area contributed by atoms with Crippen molar-refractivity contribution in [1.29, 1.82) is 0 Å². The zero-order valence-electron chi connectivity index (χ0n) is 39.8. The average Bonchev–Trinajstić information content (AvgIpc) is 4.18. The molecule has 4 amide bonds. The highest BCUT2D eigenvalue weighted by atomic mass is 16.5. The largest absolute Gasteiger partial charge is 0.453 e. The van der Waals surface area contributed by atoms with E-state index >= 15 is 0 Å². The van der Waals surface area contributed by atoms with Gasteiger partial charge in [-0.25, -0.2) is 14.6 Å². The third kappa shape index (κ3) is 9.55. The molecule has 2 aliphatic carbocycles. The molecule has 352 valence electrons. The average molecular weight is 901 g/mol. The summed E-state index contributed by atoms with van der Waals surface area (Å²) in [5, 5.41) is 5.49. The molecule has 2 saturated heterocycles. The molecule has 3 fully saturated rings. The molecule has 66 heavy (non-hydrogen) atoms. The summed E-state index contributed by atoms with van der Waals surface area (Å²) < 4.78 is 9.66. The summed E-state index contributed by atoms with van der Waals surface area (Å²) in [6.07, 6.45) is 18.4. The Labute approximate surface area is 389 Å². The number of carbonyl (C=O) groups excluding carboxylic acids is 4. The van der Waals surface area contributed by atoms with Crippen molar-refractivity contribution in [1.82, 2.24) is 30.4 Å². The van der Waals surface area contributed by atoms with E-state index in [1.807, 2.05) is 56.1 Å². The third-order valence-corrected chi connectivity index (χ3v) is 14.9. The summed E-state index contributed by atoms with van der Waals surface area (Å²) in [5.41, 5.74) is 10.2. The molecule has 5 aliphatic rings. The van der Waals surface area contributed by atoms with E-state index in [-0.39, 0.29) is 41.8 Å². The third-order valence-electron chi connectivity index (χ3n) is 14.9. The van der Waals surface area contributed by atoms with Crippen LogP contribution in [0.25, 0.3) is 28.0 Å². The number of H-pyrrole nitrogens is 1. The summed E-state index contributed by atoms with van der Waals surface area (Å²) in [7, 11) is 2.61. The van der Waals surface area contributed by atoms with Crippen molar-refractivity contribution in [2.75, 3.05) is 20.8 Å². The van der Waals surface area contributed by atoms with Gasteiger partial charge in [0.2, 0.25) is 11.8 Å². The number of nitrogens with one attached hydrogen (secondary N) is 3. The van der Waals surface area contributed by atoms with E-state index in [4.69, 9.17) is 24.4 Å². The normalized spacial score (nSPS) is 23.3. The number of hydrogen-bond acceptors (Lipinski definition) is 9. The predicted molar refractivity (Wildman–Crippen MR) is 257 cm³/mol. The fourth-order valence-corrected chi connectivity index (χ4v) is 11.4. The first-order chi connectivity index (χ1) is 31.8. The number of amides is 4. The van der Waals surface area contributed by atoms with Crippen LogP contribution < -0.4 is 10.6 Å². The number of imidazole rings is 1. The topological polar surface area (TPSA) is 171 Å². The van der Waals surface area contributed by atoms with E-state index in [0.717, 1.165) is 68.4 Å². The quantitative estimate of drug-likeness (QED) is 0.173. The smallest absolute Gasteiger partial charge is 0.407 e. The summed E-state index contributed by atoms with van der Waals surface area (Å²) >= 11 is 0. The number of aromatic amines is 1. The van der Waals surface area contributed by atoms with Crippen LogP contribution in [0.3, 0.4) is 0 Å². The molecule has 14 heteroatoms. The standard InChI is InChI=1S/C52H68N8O6/c1-31(2)44(57-50(63)65-6)48(61)59-27-11-13-42(59)47-55-30-41(56-47)36-17-15-35(16-18-36)38-20-19-37(39-28-52(29-40(38)39)23-8-9-24-52)34-12-10-25-53-46(54-26-22-34)43-21-14-33(5)60(43)49(62)45(32(3)4)58-51(64)66-7/h15-20,22,25-26,30-33,42-46H,8-14,21,23-24,27-29H2,1-7H3,(H,55,56)(H,57,63)(H,58,64). The zero-order valence-corrected chi connectivity index (χ0v) is 39.8. The maximum absolute atomic E-state index is 14.0. The van der Waals surface area contributed by atoms with E-state index in [2.05, 4.69) is 65.0 Å².